The Morgan fingerprint density at radius 3 is 2.78 bits per heavy atom. The van der Waals surface area contributed by atoms with Gasteiger partial charge in [0.25, 0.3) is 0 Å². The SMILES string of the molecule is CCOC(CN1CCC2CCC(C1)N2C)C(=O)O. The summed E-state index contributed by atoms with van der Waals surface area (Å²) in [5.74, 6) is -0.848. The van der Waals surface area contributed by atoms with Gasteiger partial charge in [-0.3, -0.25) is 9.80 Å². The molecule has 2 heterocycles. The van der Waals surface area contributed by atoms with Crippen LogP contribution in [-0.4, -0.2) is 72.4 Å². The van der Waals surface area contributed by atoms with Crippen molar-refractivity contribution < 1.29 is 14.6 Å². The monoisotopic (exact) mass is 256 g/mol. The number of rotatable bonds is 5. The highest BCUT2D eigenvalue weighted by Gasteiger charge is 2.35. The number of likely N-dealkylation sites (tertiary alicyclic amines) is 1. The average Bonchev–Trinajstić information content (AvgIpc) is 2.56. The van der Waals surface area contributed by atoms with Crippen LogP contribution in [0.4, 0.5) is 0 Å². The Morgan fingerprint density at radius 1 is 1.39 bits per heavy atom. The van der Waals surface area contributed by atoms with Crippen molar-refractivity contribution in [2.45, 2.75) is 44.4 Å². The molecule has 0 saturated carbocycles. The third-order valence-corrected chi connectivity index (χ3v) is 4.30. The van der Waals surface area contributed by atoms with Crippen molar-refractivity contribution in [3.63, 3.8) is 0 Å². The molecule has 2 aliphatic heterocycles. The van der Waals surface area contributed by atoms with Crippen LogP contribution >= 0.6 is 0 Å². The molecule has 3 unspecified atom stereocenters. The molecule has 2 rings (SSSR count). The first-order valence-corrected chi connectivity index (χ1v) is 6.90. The van der Waals surface area contributed by atoms with Crippen molar-refractivity contribution >= 4 is 5.97 Å². The van der Waals surface area contributed by atoms with Gasteiger partial charge in [-0.05, 0) is 39.8 Å². The van der Waals surface area contributed by atoms with Crippen LogP contribution in [0.5, 0.6) is 0 Å². The minimum Gasteiger partial charge on any atom is -0.479 e. The Hall–Kier alpha value is -0.650. The third kappa shape index (κ3) is 3.02. The van der Waals surface area contributed by atoms with Gasteiger partial charge in [-0.25, -0.2) is 4.79 Å². The number of hydrogen-bond acceptors (Lipinski definition) is 4. The zero-order valence-corrected chi connectivity index (χ0v) is 11.3. The van der Waals surface area contributed by atoms with Crippen molar-refractivity contribution in [2.75, 3.05) is 33.3 Å². The van der Waals surface area contributed by atoms with Crippen LogP contribution in [0, 0.1) is 0 Å². The van der Waals surface area contributed by atoms with Crippen LogP contribution in [0.2, 0.25) is 0 Å². The number of aliphatic carboxylic acids is 1. The zero-order chi connectivity index (χ0) is 13.1. The molecule has 0 amide bonds. The second-order valence-corrected chi connectivity index (χ2v) is 5.38. The Balaban J connectivity index is 1.91. The summed E-state index contributed by atoms with van der Waals surface area (Å²) in [6.45, 7) is 4.78. The summed E-state index contributed by atoms with van der Waals surface area (Å²) >= 11 is 0. The van der Waals surface area contributed by atoms with E-state index in [1.807, 2.05) is 6.92 Å². The fourth-order valence-electron chi connectivity index (χ4n) is 3.18. The molecule has 0 aromatic rings. The van der Waals surface area contributed by atoms with Gasteiger partial charge in [-0.1, -0.05) is 0 Å². The van der Waals surface area contributed by atoms with E-state index in [2.05, 4.69) is 16.8 Å². The van der Waals surface area contributed by atoms with E-state index in [1.165, 1.54) is 12.8 Å². The van der Waals surface area contributed by atoms with E-state index in [0.717, 1.165) is 19.5 Å². The topological polar surface area (TPSA) is 53.0 Å². The van der Waals surface area contributed by atoms with Crippen molar-refractivity contribution in [3.05, 3.63) is 0 Å². The minimum absolute atomic E-state index is 0.455. The molecular weight excluding hydrogens is 232 g/mol. The van der Waals surface area contributed by atoms with Gasteiger partial charge in [0.1, 0.15) is 0 Å². The Bertz CT molecular complexity index is 298. The van der Waals surface area contributed by atoms with E-state index < -0.39 is 12.1 Å². The Morgan fingerprint density at radius 2 is 2.11 bits per heavy atom. The first-order chi connectivity index (χ1) is 8.61. The molecule has 0 aromatic heterocycles. The van der Waals surface area contributed by atoms with Gasteiger partial charge in [0, 0.05) is 31.8 Å². The van der Waals surface area contributed by atoms with Crippen molar-refractivity contribution in [2.24, 2.45) is 0 Å². The number of hydrogen-bond donors (Lipinski definition) is 1. The summed E-state index contributed by atoms with van der Waals surface area (Å²) in [6.07, 6.45) is 3.00. The third-order valence-electron chi connectivity index (χ3n) is 4.30. The van der Waals surface area contributed by atoms with E-state index in [0.29, 0.717) is 25.2 Å². The normalized spacial score (nSPS) is 31.2. The molecule has 0 aliphatic carbocycles. The minimum atomic E-state index is -0.848. The Labute approximate surface area is 109 Å². The lowest BCUT2D eigenvalue weighted by atomic mass is 10.1. The van der Waals surface area contributed by atoms with E-state index in [9.17, 15) is 4.79 Å². The van der Waals surface area contributed by atoms with Gasteiger partial charge in [-0.2, -0.15) is 0 Å². The lowest BCUT2D eigenvalue weighted by Crippen LogP contribution is -2.43. The highest BCUT2D eigenvalue weighted by molar-refractivity contribution is 5.72. The van der Waals surface area contributed by atoms with Crippen molar-refractivity contribution in [1.29, 1.82) is 0 Å². The first kappa shape index (κ1) is 13.8. The van der Waals surface area contributed by atoms with Crippen LogP contribution in [0.3, 0.4) is 0 Å². The summed E-state index contributed by atoms with van der Waals surface area (Å²) < 4.78 is 5.30. The molecule has 1 N–H and O–H groups in total. The quantitative estimate of drug-likeness (QED) is 0.782. The number of fused-ring (bicyclic) bond motifs is 2. The molecule has 0 aromatic carbocycles. The number of likely N-dealkylation sites (N-methyl/N-ethyl adjacent to an activating group) is 1. The van der Waals surface area contributed by atoms with Crippen molar-refractivity contribution in [3.8, 4) is 0 Å². The number of nitrogens with zero attached hydrogens (tertiary/aromatic N) is 2. The summed E-state index contributed by atoms with van der Waals surface area (Å²) in [5.41, 5.74) is 0. The van der Waals surface area contributed by atoms with Crippen LogP contribution in [0.1, 0.15) is 26.2 Å². The molecule has 5 nitrogen and oxygen atoms in total. The number of carboxylic acids is 1. The highest BCUT2D eigenvalue weighted by Crippen LogP contribution is 2.28. The van der Waals surface area contributed by atoms with E-state index in [-0.39, 0.29) is 0 Å². The van der Waals surface area contributed by atoms with Crippen LogP contribution in [0.25, 0.3) is 0 Å². The molecular formula is C13H24N2O3. The lowest BCUT2D eigenvalue weighted by Gasteiger charge is -2.27. The summed E-state index contributed by atoms with van der Waals surface area (Å²) in [6, 6.07) is 1.28. The first-order valence-electron chi connectivity index (χ1n) is 6.90. The number of ether oxygens (including phenoxy) is 1. The molecule has 2 saturated heterocycles. The Kier molecular flexibility index (Phi) is 4.59. The van der Waals surface area contributed by atoms with Gasteiger partial charge in [-0.15, -0.1) is 0 Å². The highest BCUT2D eigenvalue weighted by atomic mass is 16.5. The predicted molar refractivity (Wildman–Crippen MR) is 68.7 cm³/mol. The molecule has 0 spiro atoms. The maximum atomic E-state index is 11.1. The smallest absolute Gasteiger partial charge is 0.334 e. The van der Waals surface area contributed by atoms with Gasteiger partial charge < -0.3 is 9.84 Å². The zero-order valence-electron chi connectivity index (χ0n) is 11.3. The fraction of sp³-hybridized carbons (Fsp3) is 0.923. The standard InChI is InChI=1S/C13H24N2O3/c1-3-18-12(13(16)17)9-15-7-6-10-4-5-11(8-15)14(10)2/h10-12H,3-9H2,1-2H3,(H,16,17). The van der Waals surface area contributed by atoms with Crippen LogP contribution < -0.4 is 0 Å². The maximum Gasteiger partial charge on any atom is 0.334 e. The fourth-order valence-corrected chi connectivity index (χ4v) is 3.18. The summed E-state index contributed by atoms with van der Waals surface area (Å²) in [5, 5.41) is 9.13. The van der Waals surface area contributed by atoms with E-state index in [1.54, 1.807) is 0 Å². The molecule has 2 bridgehead atoms. The molecule has 18 heavy (non-hydrogen) atoms. The molecule has 2 aliphatic rings. The molecule has 0 radical (unpaired) electrons. The molecule has 104 valence electrons. The lowest BCUT2D eigenvalue weighted by molar-refractivity contribution is -0.151. The van der Waals surface area contributed by atoms with Gasteiger partial charge in [0.05, 0.1) is 0 Å². The van der Waals surface area contributed by atoms with E-state index in [4.69, 9.17) is 9.84 Å². The van der Waals surface area contributed by atoms with Crippen molar-refractivity contribution in [1.82, 2.24) is 9.80 Å². The summed E-state index contributed by atoms with van der Waals surface area (Å²) in [7, 11) is 2.20. The van der Waals surface area contributed by atoms with Gasteiger partial charge in [0.15, 0.2) is 6.10 Å². The van der Waals surface area contributed by atoms with Gasteiger partial charge in [0.2, 0.25) is 0 Å². The summed E-state index contributed by atoms with van der Waals surface area (Å²) in [4.78, 5) is 15.8. The van der Waals surface area contributed by atoms with Crippen LogP contribution in [0.15, 0.2) is 0 Å². The number of carbonyl (C=O) groups is 1. The molecule has 5 heteroatoms. The largest absolute Gasteiger partial charge is 0.479 e. The maximum absolute atomic E-state index is 11.1. The second-order valence-electron chi connectivity index (χ2n) is 5.38. The average molecular weight is 256 g/mol. The van der Waals surface area contributed by atoms with Crippen LogP contribution in [-0.2, 0) is 9.53 Å². The molecule has 2 fully saturated rings. The van der Waals surface area contributed by atoms with E-state index >= 15 is 0 Å². The van der Waals surface area contributed by atoms with Gasteiger partial charge >= 0.3 is 5.97 Å². The second kappa shape index (κ2) is 5.99. The number of carboxylic acid groups (broad SMARTS) is 1. The predicted octanol–water partition coefficient (Wildman–Crippen LogP) is 0.645. The molecule has 3 atom stereocenters.